The lowest BCUT2D eigenvalue weighted by molar-refractivity contribution is -0.136. The van der Waals surface area contributed by atoms with Crippen LogP contribution in [0.1, 0.15) is 24.4 Å². The highest BCUT2D eigenvalue weighted by Crippen LogP contribution is 2.08. The average molecular weight is 225 g/mol. The lowest BCUT2D eigenvalue weighted by Crippen LogP contribution is -2.26. The first-order chi connectivity index (χ1) is 7.58. The third-order valence-corrected chi connectivity index (χ3v) is 2.06. The number of carbonyl (C=O) groups is 2. The van der Waals surface area contributed by atoms with Crippen molar-refractivity contribution < 1.29 is 19.1 Å². The highest BCUT2D eigenvalue weighted by Gasteiger charge is 2.05. The SMILES string of the molecule is Cc1ccc(CCC(=O)NCCC(=O)O)o1. The molecule has 1 rings (SSSR count). The Morgan fingerprint density at radius 3 is 2.69 bits per heavy atom. The van der Waals surface area contributed by atoms with Crippen LogP contribution in [0.2, 0.25) is 0 Å². The Labute approximate surface area is 93.4 Å². The summed E-state index contributed by atoms with van der Waals surface area (Å²) in [6, 6.07) is 3.68. The number of hydrogen-bond donors (Lipinski definition) is 2. The molecule has 1 aromatic rings. The van der Waals surface area contributed by atoms with Gasteiger partial charge in [-0.2, -0.15) is 0 Å². The summed E-state index contributed by atoms with van der Waals surface area (Å²) in [6.07, 6.45) is 0.797. The van der Waals surface area contributed by atoms with Crippen LogP contribution in [-0.4, -0.2) is 23.5 Å². The van der Waals surface area contributed by atoms with E-state index in [2.05, 4.69) is 5.32 Å². The molecule has 2 N–H and O–H groups in total. The van der Waals surface area contributed by atoms with Gasteiger partial charge in [0, 0.05) is 19.4 Å². The van der Waals surface area contributed by atoms with E-state index in [1.807, 2.05) is 19.1 Å². The van der Waals surface area contributed by atoms with Gasteiger partial charge in [0.15, 0.2) is 0 Å². The molecule has 1 aromatic heterocycles. The second-order valence-corrected chi connectivity index (χ2v) is 3.51. The number of hydrogen-bond acceptors (Lipinski definition) is 3. The molecular weight excluding hydrogens is 210 g/mol. The van der Waals surface area contributed by atoms with Gasteiger partial charge in [0.25, 0.3) is 0 Å². The monoisotopic (exact) mass is 225 g/mol. The molecule has 0 aliphatic rings. The van der Waals surface area contributed by atoms with Gasteiger partial charge in [0.2, 0.25) is 5.91 Å². The maximum atomic E-state index is 11.3. The van der Waals surface area contributed by atoms with Gasteiger partial charge in [-0.25, -0.2) is 0 Å². The Morgan fingerprint density at radius 2 is 2.12 bits per heavy atom. The molecule has 1 amide bonds. The number of rotatable bonds is 6. The van der Waals surface area contributed by atoms with Crippen LogP contribution in [0.4, 0.5) is 0 Å². The lowest BCUT2D eigenvalue weighted by Gasteiger charge is -2.01. The van der Waals surface area contributed by atoms with Gasteiger partial charge in [-0.05, 0) is 19.1 Å². The molecule has 0 bridgehead atoms. The molecule has 0 aliphatic heterocycles. The van der Waals surface area contributed by atoms with Crippen LogP contribution in [-0.2, 0) is 16.0 Å². The molecule has 0 spiro atoms. The van der Waals surface area contributed by atoms with Crippen molar-refractivity contribution in [3.8, 4) is 0 Å². The van der Waals surface area contributed by atoms with Crippen molar-refractivity contribution in [2.45, 2.75) is 26.2 Å². The molecule has 0 fully saturated rings. The van der Waals surface area contributed by atoms with Gasteiger partial charge < -0.3 is 14.8 Å². The number of carbonyl (C=O) groups excluding carboxylic acids is 1. The van der Waals surface area contributed by atoms with Gasteiger partial charge >= 0.3 is 5.97 Å². The zero-order valence-electron chi connectivity index (χ0n) is 9.16. The fourth-order valence-electron chi connectivity index (χ4n) is 1.25. The lowest BCUT2D eigenvalue weighted by atomic mass is 10.2. The second kappa shape index (κ2) is 5.95. The Morgan fingerprint density at radius 1 is 1.38 bits per heavy atom. The Bertz CT molecular complexity index is 370. The zero-order valence-corrected chi connectivity index (χ0v) is 9.16. The predicted octanol–water partition coefficient (Wildman–Crippen LogP) is 1.11. The minimum Gasteiger partial charge on any atom is -0.481 e. The highest BCUT2D eigenvalue weighted by molar-refractivity contribution is 5.76. The minimum absolute atomic E-state index is 0.0500. The normalized spacial score (nSPS) is 10.1. The molecule has 0 aliphatic carbocycles. The molecule has 0 atom stereocenters. The number of amides is 1. The van der Waals surface area contributed by atoms with E-state index in [-0.39, 0.29) is 18.9 Å². The molecule has 5 nitrogen and oxygen atoms in total. The zero-order chi connectivity index (χ0) is 12.0. The summed E-state index contributed by atoms with van der Waals surface area (Å²) >= 11 is 0. The number of nitrogens with one attached hydrogen (secondary N) is 1. The van der Waals surface area contributed by atoms with Crippen molar-refractivity contribution >= 4 is 11.9 Å². The van der Waals surface area contributed by atoms with E-state index in [0.29, 0.717) is 12.8 Å². The summed E-state index contributed by atoms with van der Waals surface area (Å²) in [7, 11) is 0. The van der Waals surface area contributed by atoms with E-state index >= 15 is 0 Å². The Balaban J connectivity index is 2.17. The van der Waals surface area contributed by atoms with Crippen molar-refractivity contribution in [3.05, 3.63) is 23.7 Å². The van der Waals surface area contributed by atoms with Crippen LogP contribution in [0.5, 0.6) is 0 Å². The van der Waals surface area contributed by atoms with Crippen LogP contribution in [0.15, 0.2) is 16.5 Å². The Hall–Kier alpha value is -1.78. The molecule has 88 valence electrons. The van der Waals surface area contributed by atoms with Gasteiger partial charge in [-0.3, -0.25) is 9.59 Å². The van der Waals surface area contributed by atoms with Crippen molar-refractivity contribution in [1.29, 1.82) is 0 Å². The van der Waals surface area contributed by atoms with Gasteiger partial charge in [-0.1, -0.05) is 0 Å². The number of carboxylic acids is 1. The molecular formula is C11H15NO4. The molecule has 0 radical (unpaired) electrons. The first kappa shape index (κ1) is 12.3. The fourth-order valence-corrected chi connectivity index (χ4v) is 1.25. The van der Waals surface area contributed by atoms with E-state index in [4.69, 9.17) is 9.52 Å². The summed E-state index contributed by atoms with van der Waals surface area (Å²) in [4.78, 5) is 21.5. The third-order valence-electron chi connectivity index (χ3n) is 2.06. The van der Waals surface area contributed by atoms with E-state index in [0.717, 1.165) is 11.5 Å². The fraction of sp³-hybridized carbons (Fsp3) is 0.455. The van der Waals surface area contributed by atoms with Gasteiger partial charge in [0.05, 0.1) is 6.42 Å². The Kier molecular flexibility index (Phi) is 4.57. The molecule has 0 aromatic carbocycles. The van der Waals surface area contributed by atoms with Crippen LogP contribution in [0, 0.1) is 6.92 Å². The van der Waals surface area contributed by atoms with Gasteiger partial charge in [0.1, 0.15) is 11.5 Å². The van der Waals surface area contributed by atoms with Crippen molar-refractivity contribution in [1.82, 2.24) is 5.32 Å². The molecule has 0 saturated carbocycles. The van der Waals surface area contributed by atoms with Crippen molar-refractivity contribution in [2.24, 2.45) is 0 Å². The first-order valence-electron chi connectivity index (χ1n) is 5.12. The van der Waals surface area contributed by atoms with E-state index in [1.165, 1.54) is 0 Å². The summed E-state index contributed by atoms with van der Waals surface area (Å²) in [6.45, 7) is 2.02. The van der Waals surface area contributed by atoms with E-state index in [9.17, 15) is 9.59 Å². The summed E-state index contributed by atoms with van der Waals surface area (Å²) in [5.41, 5.74) is 0. The number of carboxylic acid groups (broad SMARTS) is 1. The van der Waals surface area contributed by atoms with Gasteiger partial charge in [-0.15, -0.1) is 0 Å². The first-order valence-corrected chi connectivity index (χ1v) is 5.12. The van der Waals surface area contributed by atoms with Crippen LogP contribution < -0.4 is 5.32 Å². The summed E-state index contributed by atoms with van der Waals surface area (Å²) in [5, 5.41) is 10.9. The number of aliphatic carboxylic acids is 1. The smallest absolute Gasteiger partial charge is 0.305 e. The molecule has 0 saturated heterocycles. The van der Waals surface area contributed by atoms with E-state index < -0.39 is 5.97 Å². The summed E-state index contributed by atoms with van der Waals surface area (Å²) in [5.74, 6) is 0.518. The molecule has 0 unspecified atom stereocenters. The maximum Gasteiger partial charge on any atom is 0.305 e. The largest absolute Gasteiger partial charge is 0.481 e. The predicted molar refractivity (Wildman–Crippen MR) is 57.0 cm³/mol. The molecule has 1 heterocycles. The van der Waals surface area contributed by atoms with Crippen LogP contribution in [0.3, 0.4) is 0 Å². The van der Waals surface area contributed by atoms with Crippen molar-refractivity contribution in [2.75, 3.05) is 6.54 Å². The quantitative estimate of drug-likeness (QED) is 0.760. The van der Waals surface area contributed by atoms with E-state index in [1.54, 1.807) is 0 Å². The number of furan rings is 1. The van der Waals surface area contributed by atoms with Crippen LogP contribution in [0.25, 0.3) is 0 Å². The van der Waals surface area contributed by atoms with Crippen molar-refractivity contribution in [3.63, 3.8) is 0 Å². The second-order valence-electron chi connectivity index (χ2n) is 3.51. The standard InChI is InChI=1S/C11H15NO4/c1-8-2-3-9(16-8)4-5-10(13)12-7-6-11(14)15/h2-3H,4-7H2,1H3,(H,12,13)(H,14,15). The van der Waals surface area contributed by atoms with Crippen LogP contribution >= 0.6 is 0 Å². The minimum atomic E-state index is -0.915. The third kappa shape index (κ3) is 4.63. The summed E-state index contributed by atoms with van der Waals surface area (Å²) < 4.78 is 5.30. The number of aryl methyl sites for hydroxylation is 2. The molecule has 5 heteroatoms. The molecule has 16 heavy (non-hydrogen) atoms. The average Bonchev–Trinajstić information content (AvgIpc) is 2.61. The maximum absolute atomic E-state index is 11.3. The highest BCUT2D eigenvalue weighted by atomic mass is 16.4. The topological polar surface area (TPSA) is 79.5 Å².